The van der Waals surface area contributed by atoms with Gasteiger partial charge in [0.25, 0.3) is 5.91 Å². The van der Waals surface area contributed by atoms with Gasteiger partial charge in [0.2, 0.25) is 5.56 Å². The maximum absolute atomic E-state index is 11.9. The van der Waals surface area contributed by atoms with Gasteiger partial charge in [0.05, 0.1) is 7.11 Å². The van der Waals surface area contributed by atoms with Gasteiger partial charge in [-0.1, -0.05) is 29.8 Å². The van der Waals surface area contributed by atoms with Crippen molar-refractivity contribution in [3.8, 4) is 5.75 Å². The monoisotopic (exact) mass is 331 g/mol. The molecule has 0 aromatic heterocycles. The third kappa shape index (κ3) is 5.28. The van der Waals surface area contributed by atoms with E-state index in [9.17, 15) is 9.59 Å². The summed E-state index contributed by atoms with van der Waals surface area (Å²) in [5, 5.41) is 2.94. The number of benzene rings is 1. The minimum absolute atomic E-state index is 0.375. The van der Waals surface area contributed by atoms with Crippen LogP contribution in [0.5, 0.6) is 5.75 Å². The fourth-order valence-corrected chi connectivity index (χ4v) is 1.69. The number of methoxy groups -OCH3 is 1. The second-order valence-electron chi connectivity index (χ2n) is 4.20. The van der Waals surface area contributed by atoms with E-state index in [0.29, 0.717) is 16.3 Å². The summed E-state index contributed by atoms with van der Waals surface area (Å²) in [5.41, 5.74) is -0.886. The van der Waals surface area contributed by atoms with Gasteiger partial charge in [-0.15, -0.1) is 0 Å². The van der Waals surface area contributed by atoms with Crippen LogP contribution in [-0.4, -0.2) is 30.6 Å². The molecule has 1 rings (SSSR count). The van der Waals surface area contributed by atoms with Gasteiger partial charge in [0, 0.05) is 5.02 Å². The van der Waals surface area contributed by atoms with Crippen LogP contribution in [0.4, 0.5) is 0 Å². The van der Waals surface area contributed by atoms with Crippen LogP contribution < -0.4 is 10.1 Å². The van der Waals surface area contributed by atoms with Crippen LogP contribution in [0.25, 0.3) is 0 Å². The summed E-state index contributed by atoms with van der Waals surface area (Å²) >= 11 is 11.6. The molecule has 0 radical (unpaired) electrons. The zero-order valence-corrected chi connectivity index (χ0v) is 13.1. The third-order valence-electron chi connectivity index (χ3n) is 2.48. The number of rotatable bonds is 6. The predicted octanol–water partition coefficient (Wildman–Crippen LogP) is 2.52. The van der Waals surface area contributed by atoms with E-state index in [2.05, 4.69) is 16.6 Å². The molecule has 1 amide bonds. The summed E-state index contributed by atoms with van der Waals surface area (Å²) in [6.07, 6.45) is 0. The van der Waals surface area contributed by atoms with Crippen LogP contribution in [0, 0.1) is 0 Å². The number of halogens is 2. The first-order chi connectivity index (χ1) is 9.85. The third-order valence-corrected chi connectivity index (χ3v) is 3.01. The molecule has 2 atom stereocenters. The second kappa shape index (κ2) is 7.90. The zero-order chi connectivity index (χ0) is 16.0. The zero-order valence-electron chi connectivity index (χ0n) is 11.6. The summed E-state index contributed by atoms with van der Waals surface area (Å²) in [7, 11) is 1.22. The number of carbonyl (C=O) groups excluding carboxylic acids is 2. The number of alkyl halides is 1. The van der Waals surface area contributed by atoms with Crippen molar-refractivity contribution in [3.05, 3.63) is 41.4 Å². The Morgan fingerprint density at radius 3 is 2.33 bits per heavy atom. The second-order valence-corrected chi connectivity index (χ2v) is 5.03. The molecule has 0 aliphatic heterocycles. The summed E-state index contributed by atoms with van der Waals surface area (Å²) in [4.78, 5) is 23.4. The molecule has 0 bridgehead atoms. The van der Waals surface area contributed by atoms with Crippen LogP contribution in [0.2, 0.25) is 5.02 Å². The highest BCUT2D eigenvalue weighted by Gasteiger charge is 2.26. The van der Waals surface area contributed by atoms with E-state index in [0.717, 1.165) is 0 Å². The van der Waals surface area contributed by atoms with E-state index in [1.807, 2.05) is 0 Å². The molecule has 0 aliphatic carbocycles. The number of hydrogen-bond donors (Lipinski definition) is 1. The molecule has 1 aromatic rings. The molecule has 0 saturated carbocycles. The van der Waals surface area contributed by atoms with Crippen molar-refractivity contribution in [1.29, 1.82) is 0 Å². The Bertz CT molecular complexity index is 530. The summed E-state index contributed by atoms with van der Waals surface area (Å²) in [6, 6.07) is 5.37. The normalized spacial score (nSPS) is 13.0. The standard InChI is InChI=1S/C14H15Cl2NO4/c1-8(2)11(14(19)20-3)17-13(18)12(16)21-10-6-4-9(15)5-7-10/h4-7,11-12H,1H2,2-3H3,(H,17,18). The Hall–Kier alpha value is -1.72. The first-order valence-electron chi connectivity index (χ1n) is 5.95. The molecule has 0 aliphatic rings. The van der Waals surface area contributed by atoms with Crippen LogP contribution in [0.15, 0.2) is 36.4 Å². The van der Waals surface area contributed by atoms with Gasteiger partial charge >= 0.3 is 5.97 Å². The largest absolute Gasteiger partial charge is 0.467 e. The lowest BCUT2D eigenvalue weighted by Gasteiger charge is -2.19. The van der Waals surface area contributed by atoms with Crippen LogP contribution in [0.3, 0.4) is 0 Å². The SMILES string of the molecule is C=C(C)C(NC(=O)C(Cl)Oc1ccc(Cl)cc1)C(=O)OC. The Labute approximate surface area is 132 Å². The van der Waals surface area contributed by atoms with Crippen molar-refractivity contribution in [2.24, 2.45) is 0 Å². The van der Waals surface area contributed by atoms with Crippen molar-refractivity contribution >= 4 is 35.1 Å². The maximum atomic E-state index is 11.9. The quantitative estimate of drug-likeness (QED) is 0.494. The molecular weight excluding hydrogens is 317 g/mol. The lowest BCUT2D eigenvalue weighted by Crippen LogP contribution is -2.46. The van der Waals surface area contributed by atoms with E-state index in [4.69, 9.17) is 27.9 Å². The number of ether oxygens (including phenoxy) is 2. The Morgan fingerprint density at radius 1 is 1.29 bits per heavy atom. The lowest BCUT2D eigenvalue weighted by molar-refractivity contribution is -0.144. The Balaban J connectivity index is 2.67. The molecule has 0 fully saturated rings. The number of nitrogens with one attached hydrogen (secondary N) is 1. The van der Waals surface area contributed by atoms with Gasteiger partial charge in [0.1, 0.15) is 11.8 Å². The van der Waals surface area contributed by atoms with Gasteiger partial charge in [-0.05, 0) is 36.8 Å². The molecule has 2 unspecified atom stereocenters. The fraction of sp³-hybridized carbons (Fsp3) is 0.286. The highest BCUT2D eigenvalue weighted by atomic mass is 35.5. The predicted molar refractivity (Wildman–Crippen MR) is 80.5 cm³/mol. The van der Waals surface area contributed by atoms with Crippen molar-refractivity contribution in [3.63, 3.8) is 0 Å². The first kappa shape index (κ1) is 17.3. The number of hydrogen-bond acceptors (Lipinski definition) is 4. The first-order valence-corrected chi connectivity index (χ1v) is 6.76. The molecule has 5 nitrogen and oxygen atoms in total. The van der Waals surface area contributed by atoms with E-state index in [1.54, 1.807) is 31.2 Å². The van der Waals surface area contributed by atoms with Gasteiger partial charge in [-0.2, -0.15) is 0 Å². The molecule has 1 N–H and O–H groups in total. The minimum Gasteiger partial charge on any atom is -0.467 e. The molecular formula is C14H15Cl2NO4. The number of amides is 1. The van der Waals surface area contributed by atoms with Crippen LogP contribution in [-0.2, 0) is 14.3 Å². The van der Waals surface area contributed by atoms with Crippen molar-refractivity contribution in [1.82, 2.24) is 5.32 Å². The van der Waals surface area contributed by atoms with Gasteiger partial charge in [-0.3, -0.25) is 4.79 Å². The number of carbonyl (C=O) groups is 2. The van der Waals surface area contributed by atoms with E-state index >= 15 is 0 Å². The maximum Gasteiger partial charge on any atom is 0.332 e. The van der Waals surface area contributed by atoms with Crippen LogP contribution >= 0.6 is 23.2 Å². The molecule has 0 saturated heterocycles. The number of esters is 1. The van der Waals surface area contributed by atoms with Gasteiger partial charge in [0.15, 0.2) is 0 Å². The summed E-state index contributed by atoms with van der Waals surface area (Å²) < 4.78 is 9.81. The molecule has 0 spiro atoms. The summed E-state index contributed by atoms with van der Waals surface area (Å²) in [5.74, 6) is -0.935. The van der Waals surface area contributed by atoms with E-state index in [-0.39, 0.29) is 0 Å². The smallest absolute Gasteiger partial charge is 0.332 e. The summed E-state index contributed by atoms with van der Waals surface area (Å²) in [6.45, 7) is 5.20. The Morgan fingerprint density at radius 2 is 1.86 bits per heavy atom. The molecule has 21 heavy (non-hydrogen) atoms. The fourth-order valence-electron chi connectivity index (χ4n) is 1.40. The lowest BCUT2D eigenvalue weighted by atomic mass is 10.1. The Kier molecular flexibility index (Phi) is 6.52. The van der Waals surface area contributed by atoms with Crippen molar-refractivity contribution < 1.29 is 19.1 Å². The highest BCUT2D eigenvalue weighted by molar-refractivity contribution is 6.30. The average Bonchev–Trinajstić information content (AvgIpc) is 2.45. The molecule has 0 heterocycles. The minimum atomic E-state index is -1.31. The van der Waals surface area contributed by atoms with E-state index < -0.39 is 23.5 Å². The molecule has 1 aromatic carbocycles. The van der Waals surface area contributed by atoms with E-state index in [1.165, 1.54) is 7.11 Å². The van der Waals surface area contributed by atoms with Crippen molar-refractivity contribution in [2.45, 2.75) is 18.5 Å². The van der Waals surface area contributed by atoms with Crippen molar-refractivity contribution in [2.75, 3.05) is 7.11 Å². The highest BCUT2D eigenvalue weighted by Crippen LogP contribution is 2.18. The van der Waals surface area contributed by atoms with Gasteiger partial charge < -0.3 is 14.8 Å². The molecule has 7 heteroatoms. The van der Waals surface area contributed by atoms with Gasteiger partial charge in [-0.25, -0.2) is 4.79 Å². The van der Waals surface area contributed by atoms with Crippen LogP contribution in [0.1, 0.15) is 6.92 Å². The topological polar surface area (TPSA) is 64.6 Å². The molecule has 114 valence electrons. The average molecular weight is 332 g/mol.